The van der Waals surface area contributed by atoms with Crippen molar-refractivity contribution in [3.63, 3.8) is 0 Å². The average Bonchev–Trinajstić information content (AvgIpc) is 1.58. The van der Waals surface area contributed by atoms with Crippen LogP contribution in [0, 0.1) is 0 Å². The van der Waals surface area contributed by atoms with E-state index in [-0.39, 0.29) is 40.3 Å². The Bertz CT molecular complexity index is 138. The summed E-state index contributed by atoms with van der Waals surface area (Å²) in [6.07, 6.45) is -0.0741. The summed E-state index contributed by atoms with van der Waals surface area (Å²) in [6.45, 7) is 1.83. The van der Waals surface area contributed by atoms with Gasteiger partial charge >= 0.3 is 34.1 Å². The predicted octanol–water partition coefficient (Wildman–Crippen LogP) is 0.170. The first-order chi connectivity index (χ1) is 4.52. The van der Waals surface area contributed by atoms with Gasteiger partial charge in [-0.2, -0.15) is 0 Å². The van der Waals surface area contributed by atoms with Gasteiger partial charge in [-0.1, -0.05) is 8.64 Å². The van der Waals surface area contributed by atoms with Gasteiger partial charge in [-0.25, -0.2) is 0 Å². The third kappa shape index (κ3) is 13.8. The summed E-state index contributed by atoms with van der Waals surface area (Å²) in [5.41, 5.74) is 0. The second kappa shape index (κ2) is 10.3. The minimum atomic E-state index is -0.0741. The van der Waals surface area contributed by atoms with Gasteiger partial charge in [0.2, 0.25) is 0 Å². The van der Waals surface area contributed by atoms with E-state index in [0.29, 0.717) is 8.64 Å². The number of hydrogen-bond acceptors (Lipinski definition) is 4. The molecule has 0 aromatic heterocycles. The Kier molecular flexibility index (Phi) is 16.3. The van der Waals surface area contributed by atoms with Gasteiger partial charge in [0.1, 0.15) is 0 Å². The van der Waals surface area contributed by atoms with Crippen LogP contribution in [0.4, 0.5) is 0 Å². The van der Waals surface area contributed by atoms with Crippen molar-refractivity contribution in [3.05, 3.63) is 0 Å². The SMILES string of the molecule is CC(NC(=S)[S-])NC(=S)[S-].[Cu+].[Cu+]. The van der Waals surface area contributed by atoms with Crippen LogP contribution in [0.5, 0.6) is 0 Å². The summed E-state index contributed by atoms with van der Waals surface area (Å²) in [7, 11) is 0. The number of hydrogen-bond donors (Lipinski definition) is 2. The van der Waals surface area contributed by atoms with Gasteiger partial charge in [0.15, 0.2) is 0 Å². The fraction of sp³-hybridized carbons (Fsp3) is 0.500. The largest absolute Gasteiger partial charge is 1.00 e. The van der Waals surface area contributed by atoms with E-state index in [9.17, 15) is 0 Å². The Morgan fingerprint density at radius 3 is 1.50 bits per heavy atom. The monoisotopic (exact) mass is 336 g/mol. The maximum Gasteiger partial charge on any atom is 1.00 e. The van der Waals surface area contributed by atoms with Crippen LogP contribution in [0.2, 0.25) is 0 Å². The molecule has 2 N–H and O–H groups in total. The zero-order valence-electron chi connectivity index (χ0n) is 5.81. The second-order valence-electron chi connectivity index (χ2n) is 1.59. The minimum absolute atomic E-state index is 0. The normalized spacial score (nSPS) is 7.50. The van der Waals surface area contributed by atoms with Crippen LogP contribution < -0.4 is 10.6 Å². The molecule has 12 heavy (non-hydrogen) atoms. The summed E-state index contributed by atoms with van der Waals surface area (Å²) in [5.74, 6) is 0. The molecule has 0 unspecified atom stereocenters. The molecule has 0 heterocycles. The molecule has 8 heteroatoms. The molecule has 0 saturated carbocycles. The number of rotatable bonds is 2. The number of nitrogens with one attached hydrogen (secondary N) is 2. The molecule has 0 rings (SSSR count). The van der Waals surface area contributed by atoms with E-state index >= 15 is 0 Å². The molecule has 0 atom stereocenters. The molecule has 0 aromatic carbocycles. The Balaban J connectivity index is -0.000000405. The maximum absolute atomic E-state index is 4.61. The molecule has 0 aliphatic heterocycles. The molecule has 0 spiro atoms. The maximum atomic E-state index is 4.61. The zero-order valence-corrected chi connectivity index (χ0v) is 11.0. The zero-order chi connectivity index (χ0) is 8.15. The molecular formula is C4H6Cu2N2S4. The Morgan fingerprint density at radius 1 is 1.08 bits per heavy atom. The van der Waals surface area contributed by atoms with E-state index in [4.69, 9.17) is 0 Å². The summed E-state index contributed by atoms with van der Waals surface area (Å²) in [6, 6.07) is 0. The van der Waals surface area contributed by atoms with Crippen molar-refractivity contribution in [1.82, 2.24) is 10.6 Å². The topological polar surface area (TPSA) is 24.1 Å². The Labute approximate surface area is 115 Å². The molecule has 0 aliphatic rings. The third-order valence-corrected chi connectivity index (χ3v) is 1.14. The minimum Gasteiger partial charge on any atom is -0.412 e. The first-order valence-electron chi connectivity index (χ1n) is 2.47. The summed E-state index contributed by atoms with van der Waals surface area (Å²) >= 11 is 18.4. The molecule has 0 radical (unpaired) electrons. The Hall–Kier alpha value is 1.26. The van der Waals surface area contributed by atoms with Gasteiger partial charge < -0.3 is 60.3 Å². The van der Waals surface area contributed by atoms with Crippen LogP contribution in [0.3, 0.4) is 0 Å². The average molecular weight is 337 g/mol. The fourth-order valence-electron chi connectivity index (χ4n) is 0.390. The van der Waals surface area contributed by atoms with Crippen molar-refractivity contribution in [1.29, 1.82) is 0 Å². The van der Waals surface area contributed by atoms with Gasteiger partial charge in [0.25, 0.3) is 0 Å². The van der Waals surface area contributed by atoms with E-state index in [1.165, 1.54) is 0 Å². The molecule has 0 fully saturated rings. The van der Waals surface area contributed by atoms with Gasteiger partial charge in [-0.15, -0.1) is 0 Å². The van der Waals surface area contributed by atoms with Crippen molar-refractivity contribution in [3.8, 4) is 0 Å². The fourth-order valence-corrected chi connectivity index (χ4v) is 1.10. The summed E-state index contributed by atoms with van der Waals surface area (Å²) in [4.78, 5) is 0. The van der Waals surface area contributed by atoms with Gasteiger partial charge in [-0.3, -0.25) is 0 Å². The standard InChI is InChI=1S/C4H8N2S4.2Cu/c1-2(5-3(7)8)6-4(9)10;;/h2H,1H3,(H2,5,7,8)(H2,6,9,10);;/q;2*+1/p-2. The van der Waals surface area contributed by atoms with Crippen LogP contribution in [-0.2, 0) is 59.4 Å². The molecular weight excluding hydrogens is 331 g/mol. The second-order valence-corrected chi connectivity index (χ2v) is 3.74. The first kappa shape index (κ1) is 18.9. The van der Waals surface area contributed by atoms with E-state index in [1.54, 1.807) is 0 Å². The van der Waals surface area contributed by atoms with Crippen molar-refractivity contribution in [2.45, 2.75) is 13.1 Å². The van der Waals surface area contributed by atoms with Crippen LogP contribution in [0.1, 0.15) is 6.92 Å². The molecule has 0 amide bonds. The smallest absolute Gasteiger partial charge is 0.412 e. The van der Waals surface area contributed by atoms with Gasteiger partial charge in [0, 0.05) is 0 Å². The van der Waals surface area contributed by atoms with Gasteiger partial charge in [0.05, 0.1) is 6.17 Å². The van der Waals surface area contributed by atoms with Crippen LogP contribution in [-0.4, -0.2) is 14.8 Å². The third-order valence-electron chi connectivity index (χ3n) is 0.669. The molecule has 0 aromatic rings. The first-order valence-corrected chi connectivity index (χ1v) is 4.10. The molecule has 0 aliphatic carbocycles. The molecule has 0 saturated heterocycles. The quantitative estimate of drug-likeness (QED) is 0.323. The van der Waals surface area contributed by atoms with Gasteiger partial charge in [-0.05, 0) is 6.92 Å². The Morgan fingerprint density at radius 2 is 1.33 bits per heavy atom. The van der Waals surface area contributed by atoms with Crippen molar-refractivity contribution >= 4 is 58.3 Å². The van der Waals surface area contributed by atoms with Crippen molar-refractivity contribution < 1.29 is 34.1 Å². The van der Waals surface area contributed by atoms with Crippen LogP contribution in [0.15, 0.2) is 0 Å². The van der Waals surface area contributed by atoms with E-state index in [1.807, 2.05) is 6.92 Å². The number of thiocarbonyl (C=S) groups is 2. The predicted molar refractivity (Wildman–Crippen MR) is 55.7 cm³/mol. The van der Waals surface area contributed by atoms with Crippen molar-refractivity contribution in [2.75, 3.05) is 0 Å². The van der Waals surface area contributed by atoms with Crippen LogP contribution >= 0.6 is 24.4 Å². The molecule has 2 nitrogen and oxygen atoms in total. The summed E-state index contributed by atoms with van der Waals surface area (Å²) < 4.78 is 0.623. The van der Waals surface area contributed by atoms with E-state index < -0.39 is 0 Å². The summed E-state index contributed by atoms with van der Waals surface area (Å²) in [5, 5.41) is 5.51. The molecule has 0 bridgehead atoms. The van der Waals surface area contributed by atoms with Crippen molar-refractivity contribution in [2.24, 2.45) is 0 Å². The van der Waals surface area contributed by atoms with Crippen LogP contribution in [0.25, 0.3) is 0 Å². The van der Waals surface area contributed by atoms with E-state index in [0.717, 1.165) is 0 Å². The molecule has 78 valence electrons. The van der Waals surface area contributed by atoms with E-state index in [2.05, 4.69) is 60.3 Å².